The lowest BCUT2D eigenvalue weighted by Gasteiger charge is -2.10. The van der Waals surface area contributed by atoms with E-state index in [1.54, 1.807) is 31.4 Å². The Morgan fingerprint density at radius 1 is 0.643 bits per heavy atom. The zero-order valence-corrected chi connectivity index (χ0v) is 25.1. The average molecular weight is 568 g/mol. The minimum Gasteiger partial charge on any atom is -0.497 e. The Labute approximate surface area is 250 Å². The third-order valence-corrected chi connectivity index (χ3v) is 7.30. The van der Waals surface area contributed by atoms with Crippen LogP contribution in [0.3, 0.4) is 0 Å². The van der Waals surface area contributed by atoms with Crippen LogP contribution in [0, 0.1) is 0 Å². The Morgan fingerprint density at radius 2 is 1.17 bits per heavy atom. The number of carbonyl (C=O) groups excluding carboxylic acids is 1. The van der Waals surface area contributed by atoms with Crippen LogP contribution in [0.15, 0.2) is 97.3 Å². The van der Waals surface area contributed by atoms with Gasteiger partial charge in [-0.15, -0.1) is 0 Å². The smallest absolute Gasteiger partial charge is 0.343 e. The molecule has 0 fully saturated rings. The number of aryl methyl sites for hydroxylation is 1. The Kier molecular flexibility index (Phi) is 11.8. The molecule has 0 bridgehead atoms. The van der Waals surface area contributed by atoms with Gasteiger partial charge < -0.3 is 19.1 Å². The first-order valence-electron chi connectivity index (χ1n) is 14.9. The second-order valence-electron chi connectivity index (χ2n) is 10.7. The van der Waals surface area contributed by atoms with Crippen LogP contribution in [-0.2, 0) is 6.54 Å². The van der Waals surface area contributed by atoms with Crippen LogP contribution in [0.25, 0.3) is 11.1 Å². The maximum absolute atomic E-state index is 12.6. The number of hydrogen-bond acceptors (Lipinski definition) is 5. The van der Waals surface area contributed by atoms with Gasteiger partial charge in [0.15, 0.2) is 12.4 Å². The number of hydrogen-bond donors (Lipinski definition) is 0. The predicted octanol–water partition coefficient (Wildman–Crippen LogP) is 7.74. The highest BCUT2D eigenvalue weighted by Crippen LogP contribution is 2.25. The van der Waals surface area contributed by atoms with E-state index < -0.39 is 0 Å². The number of ether oxygens (including phenoxy) is 3. The molecule has 1 heterocycles. The van der Waals surface area contributed by atoms with Gasteiger partial charge >= 0.3 is 5.97 Å². The van der Waals surface area contributed by atoms with Crippen molar-refractivity contribution in [3.8, 4) is 28.4 Å². The van der Waals surface area contributed by atoms with Crippen molar-refractivity contribution in [1.29, 1.82) is 0 Å². The number of rotatable bonds is 16. The summed E-state index contributed by atoms with van der Waals surface area (Å²) in [5, 5.41) is 0. The molecule has 6 nitrogen and oxygen atoms in total. The highest BCUT2D eigenvalue weighted by atomic mass is 16.5. The maximum atomic E-state index is 12.6. The van der Waals surface area contributed by atoms with Gasteiger partial charge in [-0.2, -0.15) is 0 Å². The zero-order chi connectivity index (χ0) is 29.6. The van der Waals surface area contributed by atoms with Crippen LogP contribution in [-0.4, -0.2) is 33.8 Å². The molecule has 6 heteroatoms. The summed E-state index contributed by atoms with van der Waals surface area (Å²) in [6.07, 6.45) is 12.8. The van der Waals surface area contributed by atoms with E-state index in [1.807, 2.05) is 48.5 Å². The van der Waals surface area contributed by atoms with E-state index in [0.29, 0.717) is 17.9 Å². The molecule has 1 aromatic heterocycles. The lowest BCUT2D eigenvalue weighted by molar-refractivity contribution is -0.697. The molecule has 4 rings (SSSR count). The summed E-state index contributed by atoms with van der Waals surface area (Å²) >= 11 is 0. The fourth-order valence-corrected chi connectivity index (χ4v) is 4.72. The summed E-state index contributed by atoms with van der Waals surface area (Å²) in [6.45, 7) is 1.76. The van der Waals surface area contributed by atoms with Crippen LogP contribution in [0.1, 0.15) is 55.3 Å². The van der Waals surface area contributed by atoms with Crippen molar-refractivity contribution in [3.05, 3.63) is 103 Å². The minimum absolute atomic E-state index is 0.389. The first-order valence-corrected chi connectivity index (χ1v) is 14.9. The first-order chi connectivity index (χ1) is 20.5. The van der Waals surface area contributed by atoms with Gasteiger partial charge in [0.2, 0.25) is 0 Å². The van der Waals surface area contributed by atoms with Gasteiger partial charge in [-0.25, -0.2) is 9.36 Å². The number of benzene rings is 3. The third kappa shape index (κ3) is 9.65. The maximum Gasteiger partial charge on any atom is 0.343 e. The Morgan fingerprint density at radius 3 is 1.74 bits per heavy atom. The fraction of sp³-hybridized carbons (Fsp3) is 0.333. The van der Waals surface area contributed by atoms with Gasteiger partial charge in [-0.3, -0.25) is 0 Å². The molecule has 0 N–H and O–H groups in total. The van der Waals surface area contributed by atoms with Crippen LogP contribution in [0.2, 0.25) is 0 Å². The summed E-state index contributed by atoms with van der Waals surface area (Å²) < 4.78 is 18.9. The molecule has 0 aliphatic carbocycles. The van der Waals surface area contributed by atoms with E-state index in [9.17, 15) is 4.79 Å². The largest absolute Gasteiger partial charge is 0.497 e. The van der Waals surface area contributed by atoms with E-state index >= 15 is 0 Å². The SMILES string of the molecule is COc1ccc(-c2ccc(OC(=O)c3ccc(OCCCCCCCCC[n+]4ccc(N(C)C)cc4)cc3)cc2)cc1. The van der Waals surface area contributed by atoms with Crippen molar-refractivity contribution in [2.75, 3.05) is 32.7 Å². The van der Waals surface area contributed by atoms with Crippen LogP contribution in [0.4, 0.5) is 5.69 Å². The number of aromatic nitrogens is 1. The molecule has 0 atom stereocenters. The van der Waals surface area contributed by atoms with E-state index in [-0.39, 0.29) is 5.97 Å². The molecule has 42 heavy (non-hydrogen) atoms. The van der Waals surface area contributed by atoms with Crippen molar-refractivity contribution < 1.29 is 23.6 Å². The predicted molar refractivity (Wildman–Crippen MR) is 169 cm³/mol. The Bertz CT molecular complexity index is 1350. The summed E-state index contributed by atoms with van der Waals surface area (Å²) in [6, 6.07) is 26.8. The molecule has 0 spiro atoms. The van der Waals surface area contributed by atoms with E-state index in [2.05, 4.69) is 48.1 Å². The monoisotopic (exact) mass is 567 g/mol. The molecular formula is C36H43N2O4+. The van der Waals surface area contributed by atoms with Crippen LogP contribution < -0.4 is 23.7 Å². The van der Waals surface area contributed by atoms with Gasteiger partial charge in [-0.1, -0.05) is 49.9 Å². The number of unbranched alkanes of at least 4 members (excludes halogenated alkanes) is 6. The molecule has 4 aromatic rings. The van der Waals surface area contributed by atoms with E-state index in [0.717, 1.165) is 35.6 Å². The van der Waals surface area contributed by atoms with E-state index in [1.165, 1.54) is 44.2 Å². The van der Waals surface area contributed by atoms with Crippen molar-refractivity contribution in [2.45, 2.75) is 51.5 Å². The summed E-state index contributed by atoms with van der Waals surface area (Å²) in [4.78, 5) is 14.7. The number of methoxy groups -OCH3 is 1. The lowest BCUT2D eigenvalue weighted by atomic mass is 10.1. The molecule has 0 unspecified atom stereocenters. The van der Waals surface area contributed by atoms with Crippen molar-refractivity contribution >= 4 is 11.7 Å². The normalized spacial score (nSPS) is 10.7. The summed E-state index contributed by atoms with van der Waals surface area (Å²) in [7, 11) is 5.78. The Balaban J connectivity index is 1.07. The number of esters is 1. The minimum atomic E-state index is -0.389. The van der Waals surface area contributed by atoms with Gasteiger partial charge in [0.1, 0.15) is 23.8 Å². The average Bonchev–Trinajstić information content (AvgIpc) is 3.03. The highest BCUT2D eigenvalue weighted by molar-refractivity contribution is 5.91. The van der Waals surface area contributed by atoms with Crippen LogP contribution in [0.5, 0.6) is 17.2 Å². The second-order valence-corrected chi connectivity index (χ2v) is 10.7. The van der Waals surface area contributed by atoms with Crippen molar-refractivity contribution in [1.82, 2.24) is 0 Å². The highest BCUT2D eigenvalue weighted by Gasteiger charge is 2.10. The zero-order valence-electron chi connectivity index (χ0n) is 25.1. The molecule has 0 saturated heterocycles. The van der Waals surface area contributed by atoms with Gasteiger partial charge in [0, 0.05) is 38.3 Å². The molecule has 0 aliphatic heterocycles. The molecule has 0 saturated carbocycles. The molecule has 0 radical (unpaired) electrons. The first kappa shape index (κ1) is 30.6. The van der Waals surface area contributed by atoms with Gasteiger partial charge in [0.05, 0.1) is 19.3 Å². The van der Waals surface area contributed by atoms with E-state index in [4.69, 9.17) is 14.2 Å². The van der Waals surface area contributed by atoms with Crippen LogP contribution >= 0.6 is 0 Å². The Hall–Kier alpha value is -4.32. The summed E-state index contributed by atoms with van der Waals surface area (Å²) in [5.74, 6) is 1.70. The van der Waals surface area contributed by atoms with Gasteiger partial charge in [0.25, 0.3) is 0 Å². The molecule has 0 amide bonds. The van der Waals surface area contributed by atoms with Gasteiger partial charge in [-0.05, 0) is 72.5 Å². The van der Waals surface area contributed by atoms with Crippen molar-refractivity contribution in [2.24, 2.45) is 0 Å². The number of nitrogens with zero attached hydrogens (tertiary/aromatic N) is 2. The fourth-order valence-electron chi connectivity index (χ4n) is 4.72. The summed E-state index contributed by atoms with van der Waals surface area (Å²) in [5.41, 5.74) is 3.83. The molecule has 3 aromatic carbocycles. The second kappa shape index (κ2) is 16.2. The quantitative estimate of drug-likeness (QED) is 0.0600. The number of anilines is 1. The third-order valence-electron chi connectivity index (χ3n) is 7.30. The topological polar surface area (TPSA) is 51.9 Å². The number of pyridine rings is 1. The molecular weight excluding hydrogens is 524 g/mol. The lowest BCUT2D eigenvalue weighted by Crippen LogP contribution is -2.32. The van der Waals surface area contributed by atoms with Crippen molar-refractivity contribution in [3.63, 3.8) is 0 Å². The number of carbonyl (C=O) groups is 1. The molecule has 0 aliphatic rings. The standard InChI is InChI=1S/C36H43N2O4/c1-37(2)32-23-26-38(27-24-32)25-9-7-5-4-6-8-10-28-41-34-19-15-31(16-20-34)36(39)42-35-21-13-30(14-22-35)29-11-17-33(40-3)18-12-29/h11-24,26-27H,4-10,25,28H2,1-3H3/q+1. The molecule has 220 valence electrons.